The molecule has 6 nitrogen and oxygen atoms in total. The van der Waals surface area contributed by atoms with E-state index in [2.05, 4.69) is 0 Å². The van der Waals surface area contributed by atoms with Crippen molar-refractivity contribution in [3.8, 4) is 0 Å². The van der Waals surface area contributed by atoms with E-state index in [0.29, 0.717) is 5.52 Å². The van der Waals surface area contributed by atoms with Crippen LogP contribution in [0.15, 0.2) is 30.5 Å². The normalized spacial score (nSPS) is 13.1. The summed E-state index contributed by atoms with van der Waals surface area (Å²) in [6.45, 7) is 5.42. The highest BCUT2D eigenvalue weighted by Gasteiger charge is 2.19. The van der Waals surface area contributed by atoms with E-state index in [0.717, 1.165) is 10.9 Å². The molecule has 118 valence electrons. The Labute approximate surface area is 128 Å². The molecule has 0 saturated heterocycles. The van der Waals surface area contributed by atoms with Crippen molar-refractivity contribution >= 4 is 23.0 Å². The molecule has 22 heavy (non-hydrogen) atoms. The quantitative estimate of drug-likeness (QED) is 0.907. The molecule has 0 aliphatic heterocycles. The molecule has 0 aliphatic rings. The zero-order valence-electron chi connectivity index (χ0n) is 12.9. The van der Waals surface area contributed by atoms with Crippen molar-refractivity contribution in [2.75, 3.05) is 0 Å². The number of aromatic nitrogens is 1. The van der Waals surface area contributed by atoms with Gasteiger partial charge in [0.2, 0.25) is 0 Å². The summed E-state index contributed by atoms with van der Waals surface area (Å²) in [6, 6.07) is 6.22. The molecule has 1 aromatic heterocycles. The zero-order chi connectivity index (χ0) is 16.5. The number of fused-ring (bicyclic) bond motifs is 1. The van der Waals surface area contributed by atoms with Crippen LogP contribution in [0.25, 0.3) is 10.9 Å². The standard InChI is InChI=1S/C16H20N2O4/c1-16(2,3)22-15(21)18-7-6-11-8-10(4-5-13(11)18)9-12(17)14(19)20/h4-8,12H,9,17H2,1-3H3,(H,19,20)/t12-/m0/s1. The first-order valence-electron chi connectivity index (χ1n) is 6.99. The molecule has 0 radical (unpaired) electrons. The molecule has 1 heterocycles. The fraction of sp³-hybridized carbons (Fsp3) is 0.375. The van der Waals surface area contributed by atoms with Crippen molar-refractivity contribution in [3.05, 3.63) is 36.0 Å². The van der Waals surface area contributed by atoms with Crippen molar-refractivity contribution in [1.29, 1.82) is 0 Å². The molecule has 6 heteroatoms. The van der Waals surface area contributed by atoms with Crippen LogP contribution in [0.5, 0.6) is 0 Å². The minimum atomic E-state index is -1.04. The third kappa shape index (κ3) is 3.65. The van der Waals surface area contributed by atoms with Crippen LogP contribution < -0.4 is 5.73 Å². The van der Waals surface area contributed by atoms with Gasteiger partial charge >= 0.3 is 12.1 Å². The molecule has 0 spiro atoms. The summed E-state index contributed by atoms with van der Waals surface area (Å²) in [5.41, 5.74) is 6.49. The van der Waals surface area contributed by atoms with Crippen LogP contribution in [0.3, 0.4) is 0 Å². The van der Waals surface area contributed by atoms with Crippen LogP contribution in [0.1, 0.15) is 26.3 Å². The zero-order valence-corrected chi connectivity index (χ0v) is 12.9. The second kappa shape index (κ2) is 5.81. The molecule has 2 aromatic rings. The van der Waals surface area contributed by atoms with Gasteiger partial charge in [0.1, 0.15) is 11.6 Å². The van der Waals surface area contributed by atoms with Gasteiger partial charge in [-0.1, -0.05) is 6.07 Å². The van der Waals surface area contributed by atoms with Gasteiger partial charge in [-0.2, -0.15) is 0 Å². The van der Waals surface area contributed by atoms with Crippen molar-refractivity contribution < 1.29 is 19.4 Å². The number of nitrogens with zero attached hydrogens (tertiary/aromatic N) is 1. The number of ether oxygens (including phenoxy) is 1. The maximum atomic E-state index is 12.1. The Hall–Kier alpha value is -2.34. The van der Waals surface area contributed by atoms with Crippen molar-refractivity contribution in [2.24, 2.45) is 5.73 Å². The number of benzene rings is 1. The molecular weight excluding hydrogens is 284 g/mol. The summed E-state index contributed by atoms with van der Waals surface area (Å²) < 4.78 is 6.77. The Morgan fingerprint density at radius 2 is 2.00 bits per heavy atom. The third-order valence-electron chi connectivity index (χ3n) is 3.12. The van der Waals surface area contributed by atoms with E-state index in [4.69, 9.17) is 15.6 Å². The van der Waals surface area contributed by atoms with Gasteiger partial charge in [0.15, 0.2) is 0 Å². The summed E-state index contributed by atoms with van der Waals surface area (Å²) in [6.07, 6.45) is 1.43. The summed E-state index contributed by atoms with van der Waals surface area (Å²) in [4.78, 5) is 22.9. The highest BCUT2D eigenvalue weighted by Crippen LogP contribution is 2.20. The molecule has 0 fully saturated rings. The number of hydrogen-bond donors (Lipinski definition) is 2. The number of rotatable bonds is 3. The predicted octanol–water partition coefficient (Wildman–Crippen LogP) is 2.38. The van der Waals surface area contributed by atoms with E-state index in [1.807, 2.05) is 26.8 Å². The SMILES string of the molecule is CC(C)(C)OC(=O)n1ccc2cc(C[C@H](N)C(=O)O)ccc21. The Morgan fingerprint density at radius 1 is 1.32 bits per heavy atom. The molecule has 0 aliphatic carbocycles. The third-order valence-corrected chi connectivity index (χ3v) is 3.12. The van der Waals surface area contributed by atoms with Gasteiger partial charge in [-0.05, 0) is 51.0 Å². The van der Waals surface area contributed by atoms with Gasteiger partial charge in [0.25, 0.3) is 0 Å². The van der Waals surface area contributed by atoms with Gasteiger partial charge < -0.3 is 15.6 Å². The Kier molecular flexibility index (Phi) is 4.23. The second-order valence-electron chi connectivity index (χ2n) is 6.21. The molecule has 0 amide bonds. The molecule has 1 atom stereocenters. The van der Waals surface area contributed by atoms with Crippen LogP contribution >= 0.6 is 0 Å². The van der Waals surface area contributed by atoms with Crippen molar-refractivity contribution in [1.82, 2.24) is 4.57 Å². The predicted molar refractivity (Wildman–Crippen MR) is 82.9 cm³/mol. The molecule has 0 saturated carbocycles. The summed E-state index contributed by atoms with van der Waals surface area (Å²) in [5, 5.41) is 9.69. The summed E-state index contributed by atoms with van der Waals surface area (Å²) in [7, 11) is 0. The Bertz CT molecular complexity index is 712. The minimum absolute atomic E-state index is 0.239. The summed E-state index contributed by atoms with van der Waals surface area (Å²) >= 11 is 0. The number of nitrogens with two attached hydrogens (primary N) is 1. The maximum absolute atomic E-state index is 12.1. The molecule has 1 aromatic carbocycles. The average molecular weight is 304 g/mol. The van der Waals surface area contributed by atoms with Gasteiger partial charge in [-0.25, -0.2) is 4.79 Å². The highest BCUT2D eigenvalue weighted by molar-refractivity contribution is 5.90. The van der Waals surface area contributed by atoms with Crippen molar-refractivity contribution in [3.63, 3.8) is 0 Å². The van der Waals surface area contributed by atoms with E-state index in [-0.39, 0.29) is 6.42 Å². The number of carboxylic acid groups (broad SMARTS) is 1. The topological polar surface area (TPSA) is 94.5 Å². The number of carbonyl (C=O) groups is 2. The number of carboxylic acids is 1. The van der Waals surface area contributed by atoms with Gasteiger partial charge in [0.05, 0.1) is 5.52 Å². The van der Waals surface area contributed by atoms with E-state index >= 15 is 0 Å². The van der Waals surface area contributed by atoms with Gasteiger partial charge in [0, 0.05) is 11.6 Å². The molecule has 0 unspecified atom stereocenters. The van der Waals surface area contributed by atoms with E-state index in [1.54, 1.807) is 24.4 Å². The fourth-order valence-electron chi connectivity index (χ4n) is 2.13. The molecule has 0 bridgehead atoms. The fourth-order valence-corrected chi connectivity index (χ4v) is 2.13. The number of carbonyl (C=O) groups excluding carboxylic acids is 1. The smallest absolute Gasteiger partial charge is 0.418 e. The minimum Gasteiger partial charge on any atom is -0.480 e. The largest absolute Gasteiger partial charge is 0.480 e. The van der Waals surface area contributed by atoms with Crippen LogP contribution in [0.2, 0.25) is 0 Å². The monoisotopic (exact) mass is 304 g/mol. The lowest BCUT2D eigenvalue weighted by molar-refractivity contribution is -0.138. The van der Waals surface area contributed by atoms with Crippen molar-refractivity contribution in [2.45, 2.75) is 38.8 Å². The van der Waals surface area contributed by atoms with Crippen LogP contribution in [-0.2, 0) is 16.0 Å². The van der Waals surface area contributed by atoms with Crippen LogP contribution in [0, 0.1) is 0 Å². The Morgan fingerprint density at radius 3 is 2.59 bits per heavy atom. The average Bonchev–Trinajstić information content (AvgIpc) is 2.79. The van der Waals surface area contributed by atoms with Gasteiger partial charge in [-0.3, -0.25) is 9.36 Å². The van der Waals surface area contributed by atoms with E-state index in [9.17, 15) is 9.59 Å². The Balaban J connectivity index is 2.27. The second-order valence-corrected chi connectivity index (χ2v) is 6.21. The van der Waals surface area contributed by atoms with E-state index in [1.165, 1.54) is 4.57 Å². The highest BCUT2D eigenvalue weighted by atomic mass is 16.6. The summed E-state index contributed by atoms with van der Waals surface area (Å²) in [5.74, 6) is -1.04. The lowest BCUT2D eigenvalue weighted by Crippen LogP contribution is -2.32. The van der Waals surface area contributed by atoms with Gasteiger partial charge in [-0.15, -0.1) is 0 Å². The number of hydrogen-bond acceptors (Lipinski definition) is 4. The molecular formula is C16H20N2O4. The van der Waals surface area contributed by atoms with E-state index < -0.39 is 23.7 Å². The first kappa shape index (κ1) is 16.0. The molecule has 3 N–H and O–H groups in total. The first-order valence-corrected chi connectivity index (χ1v) is 6.99. The van der Waals surface area contributed by atoms with Crippen LogP contribution in [0.4, 0.5) is 4.79 Å². The maximum Gasteiger partial charge on any atom is 0.418 e. The number of aliphatic carboxylic acids is 1. The van der Waals surface area contributed by atoms with Crippen LogP contribution in [-0.4, -0.2) is 33.4 Å². The lowest BCUT2D eigenvalue weighted by Gasteiger charge is -2.19. The molecule has 2 rings (SSSR count). The first-order chi connectivity index (χ1) is 10.2. The lowest BCUT2D eigenvalue weighted by atomic mass is 10.1.